The van der Waals surface area contributed by atoms with E-state index in [1.54, 1.807) is 0 Å². The summed E-state index contributed by atoms with van der Waals surface area (Å²) in [7, 11) is -3.97. The molecule has 5 heteroatoms. The zero-order valence-corrected chi connectivity index (χ0v) is 14.3. The summed E-state index contributed by atoms with van der Waals surface area (Å²) < 4.78 is 25.2. The molecule has 0 unspecified atom stereocenters. The molecule has 0 radical (unpaired) electrons. The van der Waals surface area contributed by atoms with Crippen molar-refractivity contribution >= 4 is 8.33 Å². The van der Waals surface area contributed by atoms with Gasteiger partial charge in [-0.1, -0.05) is 0 Å². The molecule has 0 aromatic heterocycles. The van der Waals surface area contributed by atoms with Crippen molar-refractivity contribution in [3.63, 3.8) is 0 Å². The van der Waals surface area contributed by atoms with Crippen LogP contribution in [-0.4, -0.2) is 8.33 Å². The second kappa shape index (κ2) is 5.20. The van der Waals surface area contributed by atoms with Crippen molar-refractivity contribution in [2.45, 2.75) is 38.7 Å². The minimum atomic E-state index is -3.97. The molecule has 1 spiro atoms. The van der Waals surface area contributed by atoms with Crippen LogP contribution in [-0.2, 0) is 0 Å². The Bertz CT molecular complexity index is 617. The second-order valence-corrected chi connectivity index (χ2v) is 9.66. The Morgan fingerprint density at radius 3 is 1.48 bits per heavy atom. The van der Waals surface area contributed by atoms with Crippen LogP contribution in [0.3, 0.4) is 0 Å². The van der Waals surface area contributed by atoms with Gasteiger partial charge in [0.25, 0.3) is 0 Å². The number of fused-ring (bicyclic) bond motifs is 2. The molecule has 2 heterocycles. The Labute approximate surface area is 136 Å². The van der Waals surface area contributed by atoms with Gasteiger partial charge in [-0.2, -0.15) is 0 Å². The van der Waals surface area contributed by atoms with E-state index in [-0.39, 0.29) is 0 Å². The first-order valence-corrected chi connectivity index (χ1v) is 10.7. The summed E-state index contributed by atoms with van der Waals surface area (Å²) in [6, 6.07) is 16.0. The minimum absolute atomic E-state index is 0.656. The van der Waals surface area contributed by atoms with Gasteiger partial charge in [0, 0.05) is 0 Å². The molecule has 2 aliphatic heterocycles. The number of unbranched alkanes of at least 4 members (excludes halogenated alkanes) is 3. The van der Waals surface area contributed by atoms with Crippen LogP contribution in [0, 0.1) is 0 Å². The molecule has 2 aliphatic rings. The zero-order valence-electron chi connectivity index (χ0n) is 13.3. The number of benzene rings is 2. The molecule has 0 fully saturated rings. The van der Waals surface area contributed by atoms with Gasteiger partial charge in [-0.05, 0) is 0 Å². The van der Waals surface area contributed by atoms with Gasteiger partial charge in [-0.15, -0.1) is 0 Å². The Balaban J connectivity index is 1.67. The van der Waals surface area contributed by atoms with Crippen molar-refractivity contribution in [1.82, 2.24) is 0 Å². The monoisotopic (exact) mass is 329 g/mol. The van der Waals surface area contributed by atoms with E-state index in [4.69, 9.17) is 17.7 Å². The van der Waals surface area contributed by atoms with E-state index in [1.807, 2.05) is 48.5 Å². The number of rotatable bonds is 5. The van der Waals surface area contributed by atoms with Crippen molar-refractivity contribution in [1.29, 1.82) is 0 Å². The first kappa shape index (κ1) is 14.4. The Morgan fingerprint density at radius 2 is 1.09 bits per heavy atom. The van der Waals surface area contributed by atoms with Gasteiger partial charge in [-0.25, -0.2) is 0 Å². The summed E-state index contributed by atoms with van der Waals surface area (Å²) in [4.78, 5) is 0. The van der Waals surface area contributed by atoms with E-state index in [0.29, 0.717) is 29.0 Å². The van der Waals surface area contributed by atoms with Crippen LogP contribution in [0.4, 0.5) is 0 Å². The Morgan fingerprint density at radius 1 is 0.652 bits per heavy atom. The predicted molar refractivity (Wildman–Crippen MR) is 90.1 cm³/mol. The molecular formula is C18H21O4Si-. The topological polar surface area (TPSA) is 36.9 Å². The molecule has 4 nitrogen and oxygen atoms in total. The maximum atomic E-state index is 6.29. The van der Waals surface area contributed by atoms with Crippen LogP contribution in [0.15, 0.2) is 48.5 Å². The summed E-state index contributed by atoms with van der Waals surface area (Å²) >= 11 is 0. The standard InChI is InChI=1S/C18H21O4Si/c1-2-3-4-9-14-23(19-15-10-5-6-11-16(15)20-23)21-17-12-7-8-13-18(17)22-23/h5-8,10-13H,2-4,9,14H2,1H3/q-1. The van der Waals surface area contributed by atoms with E-state index >= 15 is 0 Å². The van der Waals surface area contributed by atoms with Crippen LogP contribution in [0.25, 0.3) is 0 Å². The molecule has 0 saturated heterocycles. The van der Waals surface area contributed by atoms with Gasteiger partial charge < -0.3 is 0 Å². The number of para-hydroxylation sites is 4. The molecule has 0 aliphatic carbocycles. The summed E-state index contributed by atoms with van der Waals surface area (Å²) in [6.07, 6.45) is 4.45. The van der Waals surface area contributed by atoms with Gasteiger partial charge in [0.05, 0.1) is 0 Å². The molecule has 0 bridgehead atoms. The molecule has 122 valence electrons. The fourth-order valence-electron chi connectivity index (χ4n) is 3.26. The summed E-state index contributed by atoms with van der Waals surface area (Å²) in [5.41, 5.74) is 0. The molecule has 0 amide bonds. The average molecular weight is 329 g/mol. The second-order valence-electron chi connectivity index (χ2n) is 6.19. The first-order valence-electron chi connectivity index (χ1n) is 8.35. The predicted octanol–water partition coefficient (Wildman–Crippen LogP) is 4.90. The van der Waals surface area contributed by atoms with Gasteiger partial charge in [-0.3, -0.25) is 0 Å². The molecule has 0 N–H and O–H groups in total. The van der Waals surface area contributed by atoms with Crippen molar-refractivity contribution < 1.29 is 17.7 Å². The van der Waals surface area contributed by atoms with Crippen molar-refractivity contribution in [3.8, 4) is 23.0 Å². The maximum absolute atomic E-state index is 6.29. The van der Waals surface area contributed by atoms with Crippen LogP contribution in [0.1, 0.15) is 32.6 Å². The van der Waals surface area contributed by atoms with E-state index in [2.05, 4.69) is 6.92 Å². The average Bonchev–Trinajstić information content (AvgIpc) is 3.06. The number of hydrogen-bond donors (Lipinski definition) is 0. The van der Waals surface area contributed by atoms with Gasteiger partial charge in [0.1, 0.15) is 0 Å². The van der Waals surface area contributed by atoms with Crippen LogP contribution in [0.5, 0.6) is 23.0 Å². The van der Waals surface area contributed by atoms with Gasteiger partial charge in [0.15, 0.2) is 0 Å². The normalized spacial score (nSPS) is 20.1. The first-order chi connectivity index (χ1) is 11.2. The quantitative estimate of drug-likeness (QED) is 0.577. The Hall–Kier alpha value is -2.14. The third-order valence-corrected chi connectivity index (χ3v) is 7.99. The fraction of sp³-hybridized carbons (Fsp3) is 0.333. The van der Waals surface area contributed by atoms with Crippen LogP contribution >= 0.6 is 0 Å². The molecule has 0 saturated carbocycles. The van der Waals surface area contributed by atoms with Gasteiger partial charge >= 0.3 is 136 Å². The van der Waals surface area contributed by atoms with E-state index in [9.17, 15) is 0 Å². The van der Waals surface area contributed by atoms with Crippen LogP contribution < -0.4 is 17.7 Å². The summed E-state index contributed by atoms with van der Waals surface area (Å²) in [6.45, 7) is 2.20. The van der Waals surface area contributed by atoms with E-state index in [1.165, 1.54) is 12.8 Å². The van der Waals surface area contributed by atoms with E-state index in [0.717, 1.165) is 12.8 Å². The van der Waals surface area contributed by atoms with Gasteiger partial charge in [0.2, 0.25) is 0 Å². The van der Waals surface area contributed by atoms with Crippen molar-refractivity contribution in [3.05, 3.63) is 48.5 Å². The SMILES string of the molecule is CCCCCC[Si-]12(Oc3ccccc3O1)Oc1ccccc1O2. The van der Waals surface area contributed by atoms with Crippen molar-refractivity contribution in [2.24, 2.45) is 0 Å². The molecule has 23 heavy (non-hydrogen) atoms. The number of hydrogen-bond acceptors (Lipinski definition) is 4. The molecule has 2 aromatic rings. The third kappa shape index (κ3) is 2.35. The Kier molecular flexibility index (Phi) is 3.27. The summed E-state index contributed by atoms with van der Waals surface area (Å²) in [5, 5.41) is 0. The zero-order chi connectivity index (χ0) is 15.8. The van der Waals surface area contributed by atoms with Crippen molar-refractivity contribution in [2.75, 3.05) is 0 Å². The molecule has 0 atom stereocenters. The molecule has 2 aromatic carbocycles. The van der Waals surface area contributed by atoms with Crippen LogP contribution in [0.2, 0.25) is 6.04 Å². The van der Waals surface area contributed by atoms with E-state index < -0.39 is 8.33 Å². The molecular weight excluding hydrogens is 308 g/mol. The third-order valence-electron chi connectivity index (χ3n) is 4.37. The molecule has 4 rings (SSSR count). The summed E-state index contributed by atoms with van der Waals surface area (Å²) in [5.74, 6) is 2.85. The fourth-order valence-corrected chi connectivity index (χ4v) is 7.12.